The molecule has 0 aliphatic carbocycles. The van der Waals surface area contributed by atoms with Crippen LogP contribution in [0.5, 0.6) is 0 Å². The first-order valence-electron chi connectivity index (χ1n) is 3.58. The van der Waals surface area contributed by atoms with Crippen LogP contribution in [-0.2, 0) is 0 Å². The van der Waals surface area contributed by atoms with Crippen molar-refractivity contribution in [3.8, 4) is 0 Å². The number of nitrogens with zero attached hydrogens (tertiary/aromatic N) is 4. The van der Waals surface area contributed by atoms with Crippen molar-refractivity contribution in [2.24, 2.45) is 5.10 Å². The van der Waals surface area contributed by atoms with Gasteiger partial charge >= 0.3 is 5.69 Å². The molecule has 0 saturated carbocycles. The average molecular weight is 200 g/mol. The van der Waals surface area contributed by atoms with Gasteiger partial charge in [0.2, 0.25) is 0 Å². The highest BCUT2D eigenvalue weighted by atomic mass is 35.5. The topological polar surface area (TPSA) is 66.3 Å². The van der Waals surface area contributed by atoms with Crippen LogP contribution in [0.2, 0.25) is 0 Å². The molecule has 0 amide bonds. The van der Waals surface area contributed by atoms with E-state index in [0.29, 0.717) is 11.6 Å². The van der Waals surface area contributed by atoms with Crippen molar-refractivity contribution in [3.63, 3.8) is 0 Å². The molecule has 1 N–H and O–H groups in total. The molecule has 1 aromatic heterocycles. The molecular formula is C6H6ClN5O. The smallest absolute Gasteiger partial charge is 0.244 e. The summed E-state index contributed by atoms with van der Waals surface area (Å²) in [6, 6.07) is 0. The number of hydrogen-bond donors (Lipinski definition) is 1. The first kappa shape index (κ1) is 8.06. The van der Waals surface area contributed by atoms with E-state index in [4.69, 9.17) is 11.6 Å². The highest BCUT2D eigenvalue weighted by Gasteiger charge is 2.06. The van der Waals surface area contributed by atoms with E-state index in [1.165, 1.54) is 16.2 Å². The third kappa shape index (κ3) is 1.62. The monoisotopic (exact) mass is 199 g/mol. The second-order valence-corrected chi connectivity index (χ2v) is 2.83. The Morgan fingerprint density at radius 2 is 2.46 bits per heavy atom. The average Bonchev–Trinajstić information content (AvgIpc) is 2.52. The molecule has 0 saturated heterocycles. The van der Waals surface area contributed by atoms with E-state index in [2.05, 4.69) is 15.2 Å². The molecule has 7 heteroatoms. The standard InChI is InChI=1S/C6H6ClN5O/c7-5-2-1-3-11(9-5)12-4-8-6(13)10-12/h1,3-4H,2H2,(H,10,13). The summed E-state index contributed by atoms with van der Waals surface area (Å²) < 4.78 is 0. The molecule has 0 unspecified atom stereocenters. The minimum atomic E-state index is -0.426. The summed E-state index contributed by atoms with van der Waals surface area (Å²) in [5.41, 5.74) is -0.426. The first-order valence-corrected chi connectivity index (χ1v) is 3.96. The maximum absolute atomic E-state index is 10.7. The van der Waals surface area contributed by atoms with Gasteiger partial charge in [-0.05, 0) is 0 Å². The Bertz CT molecular complexity index is 417. The van der Waals surface area contributed by atoms with Gasteiger partial charge in [0, 0.05) is 12.6 Å². The second-order valence-electron chi connectivity index (χ2n) is 2.39. The fourth-order valence-corrected chi connectivity index (χ4v) is 1.08. The van der Waals surface area contributed by atoms with Crippen LogP contribution >= 0.6 is 11.6 Å². The second kappa shape index (κ2) is 3.06. The quantitative estimate of drug-likeness (QED) is 0.691. The fraction of sp³-hybridized carbons (Fsp3) is 0.167. The normalized spacial score (nSPS) is 16.1. The summed E-state index contributed by atoms with van der Waals surface area (Å²) in [6.07, 6.45) is 5.44. The summed E-state index contributed by atoms with van der Waals surface area (Å²) in [7, 11) is 0. The zero-order valence-corrected chi connectivity index (χ0v) is 7.27. The van der Waals surface area contributed by atoms with E-state index in [-0.39, 0.29) is 0 Å². The molecular weight excluding hydrogens is 194 g/mol. The molecule has 0 bridgehead atoms. The fourth-order valence-electron chi connectivity index (χ4n) is 0.917. The lowest BCUT2D eigenvalue weighted by molar-refractivity contribution is 0.618. The Hall–Kier alpha value is -1.56. The van der Waals surface area contributed by atoms with Crippen LogP contribution < -0.4 is 10.8 Å². The number of allylic oxidation sites excluding steroid dienone is 1. The van der Waals surface area contributed by atoms with Crippen molar-refractivity contribution in [1.82, 2.24) is 14.9 Å². The molecule has 1 aliphatic heterocycles. The Morgan fingerprint density at radius 3 is 3.08 bits per heavy atom. The SMILES string of the molecule is O=c1ncn(N2C=CCC(Cl)=N2)[nH]1. The molecule has 13 heavy (non-hydrogen) atoms. The van der Waals surface area contributed by atoms with Gasteiger partial charge in [-0.1, -0.05) is 17.7 Å². The highest BCUT2D eigenvalue weighted by Crippen LogP contribution is 2.04. The Balaban J connectivity index is 2.31. The summed E-state index contributed by atoms with van der Waals surface area (Å²) in [5.74, 6) is 0. The molecule has 2 heterocycles. The van der Waals surface area contributed by atoms with Crippen LogP contribution in [0.25, 0.3) is 0 Å². The van der Waals surface area contributed by atoms with Crippen LogP contribution in [0.3, 0.4) is 0 Å². The summed E-state index contributed by atoms with van der Waals surface area (Å²) in [6.45, 7) is 0. The third-order valence-electron chi connectivity index (χ3n) is 1.45. The van der Waals surface area contributed by atoms with Crippen molar-refractivity contribution < 1.29 is 0 Å². The number of nitrogens with one attached hydrogen (secondary N) is 1. The first-order chi connectivity index (χ1) is 6.25. The predicted octanol–water partition coefficient (Wildman–Crippen LogP) is -0.0209. The van der Waals surface area contributed by atoms with Gasteiger partial charge in [-0.25, -0.2) is 9.89 Å². The van der Waals surface area contributed by atoms with Crippen molar-refractivity contribution in [2.45, 2.75) is 6.42 Å². The minimum Gasteiger partial charge on any atom is -0.244 e. The number of aromatic amines is 1. The number of aromatic nitrogens is 3. The molecule has 0 atom stereocenters. The van der Waals surface area contributed by atoms with Gasteiger partial charge in [0.1, 0.15) is 11.5 Å². The minimum absolute atomic E-state index is 0.426. The maximum atomic E-state index is 10.7. The number of rotatable bonds is 1. The highest BCUT2D eigenvalue weighted by molar-refractivity contribution is 6.65. The van der Waals surface area contributed by atoms with E-state index >= 15 is 0 Å². The van der Waals surface area contributed by atoms with Crippen LogP contribution in [0.15, 0.2) is 28.5 Å². The van der Waals surface area contributed by atoms with E-state index in [1.807, 2.05) is 6.08 Å². The van der Waals surface area contributed by atoms with Crippen LogP contribution in [-0.4, -0.2) is 20.0 Å². The van der Waals surface area contributed by atoms with Gasteiger partial charge in [0.15, 0.2) is 0 Å². The number of hydrogen-bond acceptors (Lipinski definition) is 4. The molecule has 68 valence electrons. The Labute approximate surface area is 78.1 Å². The summed E-state index contributed by atoms with van der Waals surface area (Å²) >= 11 is 5.70. The zero-order valence-electron chi connectivity index (χ0n) is 6.51. The molecule has 1 aliphatic rings. The van der Waals surface area contributed by atoms with Crippen LogP contribution in [0, 0.1) is 0 Å². The van der Waals surface area contributed by atoms with Gasteiger partial charge in [0.25, 0.3) is 0 Å². The molecule has 2 rings (SSSR count). The lowest BCUT2D eigenvalue weighted by Crippen LogP contribution is -2.27. The van der Waals surface area contributed by atoms with Crippen LogP contribution in [0.1, 0.15) is 6.42 Å². The molecule has 1 aromatic rings. The van der Waals surface area contributed by atoms with Crippen LogP contribution in [0.4, 0.5) is 0 Å². The van der Waals surface area contributed by atoms with E-state index in [0.717, 1.165) is 0 Å². The Morgan fingerprint density at radius 1 is 1.62 bits per heavy atom. The molecule has 0 aromatic carbocycles. The van der Waals surface area contributed by atoms with Gasteiger partial charge in [-0.3, -0.25) is 0 Å². The van der Waals surface area contributed by atoms with E-state index < -0.39 is 5.69 Å². The molecule has 0 fully saturated rings. The van der Waals surface area contributed by atoms with Crippen molar-refractivity contribution >= 4 is 16.8 Å². The van der Waals surface area contributed by atoms with Gasteiger partial charge in [-0.2, -0.15) is 14.9 Å². The molecule has 6 nitrogen and oxygen atoms in total. The number of hydrazone groups is 1. The largest absolute Gasteiger partial charge is 0.362 e. The van der Waals surface area contributed by atoms with Gasteiger partial charge in [-0.15, -0.1) is 5.10 Å². The maximum Gasteiger partial charge on any atom is 0.362 e. The van der Waals surface area contributed by atoms with Gasteiger partial charge < -0.3 is 0 Å². The number of halogens is 1. The lowest BCUT2D eigenvalue weighted by Gasteiger charge is -2.16. The van der Waals surface area contributed by atoms with Gasteiger partial charge in [0.05, 0.1) is 0 Å². The number of H-pyrrole nitrogens is 1. The lowest BCUT2D eigenvalue weighted by atomic mass is 10.4. The van der Waals surface area contributed by atoms with Crippen molar-refractivity contribution in [2.75, 3.05) is 5.12 Å². The van der Waals surface area contributed by atoms with E-state index in [9.17, 15) is 4.79 Å². The van der Waals surface area contributed by atoms with E-state index in [1.54, 1.807) is 6.20 Å². The van der Waals surface area contributed by atoms with Crippen molar-refractivity contribution in [1.29, 1.82) is 0 Å². The molecule has 0 radical (unpaired) electrons. The third-order valence-corrected chi connectivity index (χ3v) is 1.68. The Kier molecular flexibility index (Phi) is 1.90. The zero-order chi connectivity index (χ0) is 9.26. The predicted molar refractivity (Wildman–Crippen MR) is 48.1 cm³/mol. The summed E-state index contributed by atoms with van der Waals surface area (Å²) in [5, 5.41) is 8.22. The molecule has 0 spiro atoms. The summed E-state index contributed by atoms with van der Waals surface area (Å²) in [4.78, 5) is 15.5. The van der Waals surface area contributed by atoms with Crippen molar-refractivity contribution in [3.05, 3.63) is 29.1 Å².